The normalized spacial score (nSPS) is 15.0. The maximum atomic E-state index is 15.0. The second kappa shape index (κ2) is 73.7. The Labute approximate surface area is 826 Å². The summed E-state index contributed by atoms with van der Waals surface area (Å²) < 4.78 is 0. The Morgan fingerprint density at radius 1 is 0.223 bits per heavy atom. The smallest absolute Gasteiger partial charge is 0.245 e. The number of nitrogens with two attached hydrogens (primary N) is 8. The van der Waals surface area contributed by atoms with Gasteiger partial charge in [-0.05, 0) is 273 Å². The third-order valence-corrected chi connectivity index (χ3v) is 23.0. The molecule has 0 aliphatic rings. The molecule has 0 aromatic heterocycles. The van der Waals surface area contributed by atoms with E-state index < -0.39 is 198 Å². The zero-order valence-corrected chi connectivity index (χ0v) is 86.7. The van der Waals surface area contributed by atoms with Crippen molar-refractivity contribution in [3.05, 3.63) is 0 Å². The topological polar surface area (TPSA) is 723 Å². The van der Waals surface area contributed by atoms with Crippen LogP contribution in [0, 0.1) is 47.3 Å². The van der Waals surface area contributed by atoms with Gasteiger partial charge in [0.1, 0.15) is 84.6 Å². The molecule has 0 fully saturated rings. The van der Waals surface area contributed by atoms with Crippen molar-refractivity contribution >= 4 is 100 Å². The van der Waals surface area contributed by atoms with E-state index in [1.54, 1.807) is 41.5 Å². The Morgan fingerprint density at radius 3 is 0.655 bits per heavy atom. The summed E-state index contributed by atoms with van der Waals surface area (Å²) in [6.45, 7) is 31.8. The van der Waals surface area contributed by atoms with Crippen molar-refractivity contribution in [2.24, 2.45) is 93.3 Å². The number of carbonyl (C=O) groups is 17. The van der Waals surface area contributed by atoms with Crippen LogP contribution in [-0.2, 0) is 81.5 Å². The molecule has 0 aromatic rings. The van der Waals surface area contributed by atoms with Gasteiger partial charge in [0.05, 0.1) is 18.7 Å². The first-order chi connectivity index (χ1) is 65.5. The summed E-state index contributed by atoms with van der Waals surface area (Å²) >= 11 is 0. The number of aliphatic hydroxyl groups excluding tert-OH is 1. The summed E-state index contributed by atoms with van der Waals surface area (Å²) in [5.74, 6) is -8.81. The number of rotatable bonds is 78. The van der Waals surface area contributed by atoms with Gasteiger partial charge < -0.3 is 130 Å². The van der Waals surface area contributed by atoms with Gasteiger partial charge in [-0.2, -0.15) is 0 Å². The molecule has 43 heteroatoms. The van der Waals surface area contributed by atoms with Gasteiger partial charge in [0.15, 0.2) is 0 Å². The van der Waals surface area contributed by atoms with E-state index >= 15 is 0 Å². The predicted octanol–water partition coefficient (Wildman–Crippen LogP) is -0.593. The number of hydrazine groups is 1. The van der Waals surface area contributed by atoms with E-state index in [1.165, 1.54) is 6.92 Å². The third kappa shape index (κ3) is 58.0. The quantitative estimate of drug-likeness (QED) is 0.0157. The van der Waals surface area contributed by atoms with Crippen LogP contribution >= 0.6 is 0 Å². The minimum atomic E-state index is -1.72. The highest BCUT2D eigenvalue weighted by atomic mass is 16.3. The molecule has 802 valence electrons. The summed E-state index contributed by atoms with van der Waals surface area (Å²) in [6, 6.07) is -19.4. The van der Waals surface area contributed by atoms with Crippen LogP contribution in [0.1, 0.15) is 310 Å². The van der Waals surface area contributed by atoms with Crippen LogP contribution in [0.15, 0.2) is 0 Å². The van der Waals surface area contributed by atoms with Crippen molar-refractivity contribution in [1.82, 2.24) is 90.5 Å². The zero-order chi connectivity index (χ0) is 106. The lowest BCUT2D eigenvalue weighted by Gasteiger charge is -2.30. The second-order valence-corrected chi connectivity index (χ2v) is 40.3. The van der Waals surface area contributed by atoms with Crippen LogP contribution in [0.3, 0.4) is 0 Å². The summed E-state index contributed by atoms with van der Waals surface area (Å²) in [4.78, 5) is 242. The average Bonchev–Trinajstić information content (AvgIpc) is 0.833. The van der Waals surface area contributed by atoms with Crippen molar-refractivity contribution in [3.8, 4) is 0 Å². The Kier molecular flexibility index (Phi) is 68.7. The van der Waals surface area contributed by atoms with E-state index in [0.717, 1.165) is 0 Å². The molecule has 0 radical (unpaired) electrons. The maximum Gasteiger partial charge on any atom is 0.245 e. The lowest BCUT2D eigenvalue weighted by atomic mass is 9.98. The van der Waals surface area contributed by atoms with E-state index in [-0.39, 0.29) is 176 Å². The van der Waals surface area contributed by atoms with Crippen LogP contribution in [0.25, 0.3) is 0 Å². The number of aliphatic hydroxyl groups is 1. The molecule has 0 spiro atoms. The van der Waals surface area contributed by atoms with Crippen LogP contribution in [0.5, 0.6) is 0 Å². The maximum absolute atomic E-state index is 15.0. The van der Waals surface area contributed by atoms with Gasteiger partial charge in [-0.25, -0.2) is 5.84 Å². The average molecular weight is 1980 g/mol. The SMILES string of the molecule is CC(C)C[C@H](NC(=O)[C@H](CCCCN)NC(=O)[C@H](CC(C)C)NC(=O)[C@H](CC(C)C)NC(=O)[C@H](CCCCN)NC(=O)[C@H](CCCCN)NC(=O)[C@@H](N)CC(C)C)C(=O)N[C@@H](CC(C)C)C(=O)N[C@@H](CCCCN)C(=O)N[C@@H](CCCCN)C(=O)N[C@@H](CC(C)C)C(=O)N[C@@H](CC(C)C)C(=O)N[C@H](C(=O)N[C@@H](CC(C)C)C(=O)N[C@@H](CCCCN)C(=O)NCC(=O)NCCCCCC(=O)NN)[C@@H](C)O. The molecular formula is C96H185N25O18. The van der Waals surface area contributed by atoms with Gasteiger partial charge >= 0.3 is 0 Å². The highest BCUT2D eigenvalue weighted by Crippen LogP contribution is 2.20. The van der Waals surface area contributed by atoms with Gasteiger partial charge in [0, 0.05) is 13.0 Å². The molecule has 16 atom stereocenters. The molecule has 139 heavy (non-hydrogen) atoms. The first kappa shape index (κ1) is 130. The van der Waals surface area contributed by atoms with E-state index in [9.17, 15) is 86.6 Å². The monoisotopic (exact) mass is 1980 g/mol. The van der Waals surface area contributed by atoms with E-state index in [0.29, 0.717) is 116 Å². The van der Waals surface area contributed by atoms with Crippen LogP contribution in [0.2, 0.25) is 0 Å². The molecule has 0 aliphatic carbocycles. The summed E-state index contributed by atoms with van der Waals surface area (Å²) in [7, 11) is 0. The van der Waals surface area contributed by atoms with Crippen molar-refractivity contribution in [1.29, 1.82) is 0 Å². The molecular weight excluding hydrogens is 1790 g/mol. The minimum absolute atomic E-state index is 0.00341. The molecule has 34 N–H and O–H groups in total. The standard InChI is InChI=1S/C96H185N25O18/c1-56(2)47-65(103)82(125)107-67(34-21-27-41-98)84(127)109-69(36-23-29-43-100)86(129)113-74(50-59(7)8)92(135)117-73(49-58(5)6)90(133)112-71(38-25-31-45-102)88(131)115-75(51-60(9)10)93(136)116-72(48-57(3)4)89(132)111-68(35-22-28-42-99)85(128)110-70(37-24-30-44-101)87(130)114-76(52-61(11)12)94(137)118-78(54-63(15)16)95(138)120-81(64(17)122)96(139)119-77(53-62(13)14)91(134)108-66(33-20-26-40-97)83(126)106-55-80(124)105-46-32-18-19-39-79(123)121-104/h56-78,81,122H,18-55,97-104H2,1-17H3,(H,105,124)(H,106,126)(H,107,125)(H,108,134)(H,109,127)(H,110,128)(H,111,132)(H,112,133)(H,113,129)(H,114,130)(H,115,131)(H,116,136)(H,117,135)(H,118,137)(H,119,139)(H,120,138)(H,121,123)/t64-,65+,66+,67+,68+,69+,70+,71+,72+,73+,74+,75+,76+,77+,78+,81+/m1/s1. The summed E-state index contributed by atoms with van der Waals surface area (Å²) in [5, 5.41) is 55.3. The first-order valence-electron chi connectivity index (χ1n) is 51.0. The minimum Gasteiger partial charge on any atom is -0.391 e. The number of hydrogen-bond acceptors (Lipinski definition) is 26. The number of hydrogen-bond donors (Lipinski definition) is 26. The van der Waals surface area contributed by atoms with Gasteiger partial charge in [0.2, 0.25) is 100 Å². The van der Waals surface area contributed by atoms with Crippen molar-refractivity contribution in [3.63, 3.8) is 0 Å². The van der Waals surface area contributed by atoms with E-state index in [1.807, 2.05) is 69.2 Å². The molecule has 0 bridgehead atoms. The largest absolute Gasteiger partial charge is 0.391 e. The molecule has 0 rings (SSSR count). The third-order valence-electron chi connectivity index (χ3n) is 23.0. The lowest BCUT2D eigenvalue weighted by molar-refractivity contribution is -0.137. The molecule has 0 aromatic carbocycles. The van der Waals surface area contributed by atoms with E-state index in [2.05, 4.69) is 90.5 Å². The Balaban J connectivity index is 7.35. The van der Waals surface area contributed by atoms with Crippen molar-refractivity contribution < 1.29 is 86.6 Å². The molecule has 0 unspecified atom stereocenters. The van der Waals surface area contributed by atoms with Gasteiger partial charge in [-0.1, -0.05) is 117 Å². The highest BCUT2D eigenvalue weighted by molar-refractivity contribution is 6.01. The molecule has 0 saturated heterocycles. The number of carbonyl (C=O) groups excluding carboxylic acids is 17. The lowest BCUT2D eigenvalue weighted by Crippen LogP contribution is -2.62. The number of nitrogens with one attached hydrogen (secondary N) is 17. The van der Waals surface area contributed by atoms with Crippen molar-refractivity contribution in [2.75, 3.05) is 52.4 Å². The molecule has 0 saturated carbocycles. The van der Waals surface area contributed by atoms with Gasteiger partial charge in [-0.15, -0.1) is 0 Å². The number of unbranched alkanes of at least 4 members (excludes halogenated alkanes) is 8. The zero-order valence-electron chi connectivity index (χ0n) is 86.7. The van der Waals surface area contributed by atoms with Crippen LogP contribution < -0.4 is 136 Å². The summed E-state index contributed by atoms with van der Waals surface area (Å²) in [5.41, 5.74) is 43.6. The fraction of sp³-hybridized carbons (Fsp3) is 0.823. The Bertz CT molecular complexity index is 3670. The first-order valence-corrected chi connectivity index (χ1v) is 51.0. The Morgan fingerprint density at radius 2 is 0.432 bits per heavy atom. The number of amides is 17. The molecule has 0 aliphatic heterocycles. The second-order valence-electron chi connectivity index (χ2n) is 40.3. The molecule has 43 nitrogen and oxygen atoms in total. The van der Waals surface area contributed by atoms with Crippen LogP contribution in [-0.4, -0.2) is 255 Å². The van der Waals surface area contributed by atoms with Crippen LogP contribution in [0.4, 0.5) is 0 Å². The molecule has 17 amide bonds. The van der Waals surface area contributed by atoms with Gasteiger partial charge in [-0.3, -0.25) is 86.9 Å². The summed E-state index contributed by atoms with van der Waals surface area (Å²) in [6.07, 6.45) is 6.42. The molecule has 0 heterocycles. The van der Waals surface area contributed by atoms with E-state index in [4.69, 9.17) is 46.0 Å². The fourth-order valence-corrected chi connectivity index (χ4v) is 15.5. The Hall–Kier alpha value is -9.37. The fourth-order valence-electron chi connectivity index (χ4n) is 15.5. The highest BCUT2D eigenvalue weighted by Gasteiger charge is 2.41. The predicted molar refractivity (Wildman–Crippen MR) is 537 cm³/mol. The van der Waals surface area contributed by atoms with Crippen molar-refractivity contribution in [2.45, 2.75) is 407 Å². The van der Waals surface area contributed by atoms with Gasteiger partial charge in [0.25, 0.3) is 0 Å².